The Morgan fingerprint density at radius 3 is 1.95 bits per heavy atom. The number of hydrogen-bond acceptors (Lipinski definition) is 3. The van der Waals surface area contributed by atoms with Crippen molar-refractivity contribution in [3.63, 3.8) is 0 Å². The first-order valence-corrected chi connectivity index (χ1v) is 8.32. The van der Waals surface area contributed by atoms with Gasteiger partial charge in [-0.25, -0.2) is 13.1 Å². The molecule has 114 valence electrons. The molecule has 0 saturated carbocycles. The summed E-state index contributed by atoms with van der Waals surface area (Å²) in [6.07, 6.45) is 0. The number of rotatable bonds is 5. The molecule has 0 unspecified atom stereocenters. The zero-order valence-corrected chi connectivity index (χ0v) is 13.5. The Morgan fingerprint density at radius 2 is 1.48 bits per heavy atom. The van der Waals surface area contributed by atoms with Gasteiger partial charge in [-0.1, -0.05) is 0 Å². The minimum atomic E-state index is -3.44. The Hall–Kier alpha value is -1.79. The van der Waals surface area contributed by atoms with Crippen molar-refractivity contribution in [2.45, 2.75) is 38.6 Å². The van der Waals surface area contributed by atoms with E-state index in [0.29, 0.717) is 0 Å². The van der Waals surface area contributed by atoms with Crippen molar-refractivity contribution < 1.29 is 8.42 Å². The minimum Gasteiger partial charge on any atom is -0.294 e. The maximum Gasteiger partial charge on any atom is 0.240 e. The van der Waals surface area contributed by atoms with Crippen LogP contribution < -0.4 is 10.1 Å². The number of nitrogens with one attached hydrogen (secondary N) is 2. The second kappa shape index (κ2) is 5.91. The zero-order valence-electron chi connectivity index (χ0n) is 12.7. The lowest BCUT2D eigenvalue weighted by molar-refractivity contribution is 0.570. The quantitative estimate of drug-likeness (QED) is 0.892. The number of hydrogen-bond donors (Lipinski definition) is 2. The molecule has 6 heteroatoms. The van der Waals surface area contributed by atoms with Crippen LogP contribution in [0, 0.1) is 13.8 Å². The van der Waals surface area contributed by atoms with E-state index >= 15 is 0 Å². The van der Waals surface area contributed by atoms with Gasteiger partial charge in [0.1, 0.15) is 0 Å². The van der Waals surface area contributed by atoms with Crippen LogP contribution in [0.5, 0.6) is 0 Å². The van der Waals surface area contributed by atoms with E-state index in [1.165, 1.54) is 0 Å². The molecule has 0 radical (unpaired) electrons. The molecule has 1 aromatic heterocycles. The van der Waals surface area contributed by atoms with E-state index in [4.69, 9.17) is 0 Å². The molecule has 21 heavy (non-hydrogen) atoms. The molecule has 0 amide bonds. The summed E-state index contributed by atoms with van der Waals surface area (Å²) in [6.45, 7) is 7.60. The van der Waals surface area contributed by atoms with Crippen LogP contribution in [0.2, 0.25) is 0 Å². The van der Waals surface area contributed by atoms with Crippen molar-refractivity contribution in [3.8, 4) is 0 Å². The molecule has 1 aromatic carbocycles. The second-order valence-corrected chi connectivity index (χ2v) is 7.08. The summed E-state index contributed by atoms with van der Waals surface area (Å²) in [4.78, 5) is 0.266. The van der Waals surface area contributed by atoms with Crippen molar-refractivity contribution >= 4 is 15.7 Å². The Labute approximate surface area is 126 Å². The fourth-order valence-electron chi connectivity index (χ4n) is 2.06. The molecule has 0 aliphatic rings. The van der Waals surface area contributed by atoms with E-state index in [1.807, 2.05) is 30.7 Å². The average molecular weight is 307 g/mol. The lowest BCUT2D eigenvalue weighted by Crippen LogP contribution is -2.30. The number of anilines is 1. The standard InChI is InChI=1S/C15H21N3O2S/c1-11(2)17-21(19,20)15-9-7-14(8-10-15)16-18-12(3)5-6-13(18)4/h5-11,16-17H,1-4H3. The molecular weight excluding hydrogens is 286 g/mol. The maximum absolute atomic E-state index is 12.0. The van der Waals surface area contributed by atoms with Crippen molar-refractivity contribution in [3.05, 3.63) is 47.8 Å². The van der Waals surface area contributed by atoms with Crippen molar-refractivity contribution in [2.24, 2.45) is 0 Å². The van der Waals surface area contributed by atoms with Gasteiger partial charge in [-0.3, -0.25) is 10.1 Å². The first kappa shape index (κ1) is 15.6. The lowest BCUT2D eigenvalue weighted by atomic mass is 10.3. The predicted octanol–water partition coefficient (Wildman–Crippen LogP) is 2.67. The predicted molar refractivity (Wildman–Crippen MR) is 84.8 cm³/mol. The van der Waals surface area contributed by atoms with Crippen molar-refractivity contribution in [1.29, 1.82) is 0 Å². The SMILES string of the molecule is Cc1ccc(C)n1Nc1ccc(S(=O)(=O)NC(C)C)cc1. The number of aryl methyl sites for hydroxylation is 2. The maximum atomic E-state index is 12.0. The summed E-state index contributed by atoms with van der Waals surface area (Å²) in [5.74, 6) is 0. The van der Waals surface area contributed by atoms with Gasteiger partial charge in [0.25, 0.3) is 0 Å². The summed E-state index contributed by atoms with van der Waals surface area (Å²) in [6, 6.07) is 10.6. The van der Waals surface area contributed by atoms with E-state index in [0.717, 1.165) is 17.1 Å². The van der Waals surface area contributed by atoms with Crippen LogP contribution in [0.4, 0.5) is 5.69 Å². The lowest BCUT2D eigenvalue weighted by Gasteiger charge is -2.14. The fraction of sp³-hybridized carbons (Fsp3) is 0.333. The normalized spacial score (nSPS) is 11.9. The van der Waals surface area contributed by atoms with E-state index < -0.39 is 10.0 Å². The molecule has 2 rings (SSSR count). The van der Waals surface area contributed by atoms with Crippen molar-refractivity contribution in [1.82, 2.24) is 9.40 Å². The van der Waals surface area contributed by atoms with Gasteiger partial charge in [-0.15, -0.1) is 0 Å². The largest absolute Gasteiger partial charge is 0.294 e. The van der Waals surface area contributed by atoms with Crippen molar-refractivity contribution in [2.75, 3.05) is 5.43 Å². The van der Waals surface area contributed by atoms with E-state index in [2.05, 4.69) is 10.1 Å². The number of sulfonamides is 1. The van der Waals surface area contributed by atoms with Gasteiger partial charge in [-0.05, 0) is 64.1 Å². The molecule has 0 aliphatic heterocycles. The van der Waals surface area contributed by atoms with E-state index in [1.54, 1.807) is 38.1 Å². The molecule has 2 aromatic rings. The average Bonchev–Trinajstić information content (AvgIpc) is 2.70. The van der Waals surface area contributed by atoms with Crippen LogP contribution in [0.25, 0.3) is 0 Å². The Balaban J connectivity index is 2.20. The highest BCUT2D eigenvalue weighted by Gasteiger charge is 2.14. The third-order valence-corrected chi connectivity index (χ3v) is 4.74. The second-order valence-electron chi connectivity index (χ2n) is 5.36. The van der Waals surface area contributed by atoms with E-state index in [9.17, 15) is 8.42 Å². The molecule has 0 aliphatic carbocycles. The zero-order chi connectivity index (χ0) is 15.6. The number of aromatic nitrogens is 1. The summed E-state index contributed by atoms with van der Waals surface area (Å²) >= 11 is 0. The van der Waals surface area contributed by atoms with Crippen LogP contribution in [-0.4, -0.2) is 19.1 Å². The Kier molecular flexibility index (Phi) is 4.39. The molecule has 1 heterocycles. The van der Waals surface area contributed by atoms with E-state index in [-0.39, 0.29) is 10.9 Å². The molecule has 0 atom stereocenters. The minimum absolute atomic E-state index is 0.127. The van der Waals surface area contributed by atoms with Gasteiger partial charge in [0.05, 0.1) is 10.6 Å². The fourth-order valence-corrected chi connectivity index (χ4v) is 3.31. The highest BCUT2D eigenvalue weighted by molar-refractivity contribution is 7.89. The van der Waals surface area contributed by atoms with Crippen LogP contribution in [0.15, 0.2) is 41.3 Å². The number of benzene rings is 1. The Bertz CT molecular complexity index is 696. The van der Waals surface area contributed by atoms with Gasteiger partial charge in [0.2, 0.25) is 10.0 Å². The molecule has 0 spiro atoms. The van der Waals surface area contributed by atoms with Gasteiger partial charge in [-0.2, -0.15) is 0 Å². The van der Waals surface area contributed by atoms with Gasteiger partial charge in [0.15, 0.2) is 0 Å². The summed E-state index contributed by atoms with van der Waals surface area (Å²) in [5, 5.41) is 0. The van der Waals surface area contributed by atoms with Gasteiger partial charge >= 0.3 is 0 Å². The van der Waals surface area contributed by atoms with Crippen LogP contribution in [0.1, 0.15) is 25.2 Å². The smallest absolute Gasteiger partial charge is 0.240 e. The van der Waals surface area contributed by atoms with Crippen LogP contribution >= 0.6 is 0 Å². The van der Waals surface area contributed by atoms with Gasteiger partial charge in [0, 0.05) is 17.4 Å². The van der Waals surface area contributed by atoms with Crippen LogP contribution in [-0.2, 0) is 10.0 Å². The molecular formula is C15H21N3O2S. The third kappa shape index (κ3) is 3.65. The topological polar surface area (TPSA) is 63.1 Å². The molecule has 0 bridgehead atoms. The first-order chi connectivity index (χ1) is 9.79. The van der Waals surface area contributed by atoms with Crippen LogP contribution in [0.3, 0.4) is 0 Å². The summed E-state index contributed by atoms with van der Waals surface area (Å²) < 4.78 is 28.6. The molecule has 5 nitrogen and oxygen atoms in total. The first-order valence-electron chi connectivity index (χ1n) is 6.84. The molecule has 0 saturated heterocycles. The summed E-state index contributed by atoms with van der Waals surface area (Å²) in [5.41, 5.74) is 6.25. The highest BCUT2D eigenvalue weighted by atomic mass is 32.2. The third-order valence-electron chi connectivity index (χ3n) is 3.07. The highest BCUT2D eigenvalue weighted by Crippen LogP contribution is 2.16. The monoisotopic (exact) mass is 307 g/mol. The molecule has 0 fully saturated rings. The summed E-state index contributed by atoms with van der Waals surface area (Å²) in [7, 11) is -3.44. The molecule has 2 N–H and O–H groups in total. The number of nitrogens with zero attached hydrogens (tertiary/aromatic N) is 1. The van der Waals surface area contributed by atoms with Gasteiger partial charge < -0.3 is 0 Å². The Morgan fingerprint density at radius 1 is 0.952 bits per heavy atom.